The van der Waals surface area contributed by atoms with Gasteiger partial charge >= 0.3 is 5.97 Å². The van der Waals surface area contributed by atoms with Crippen LogP contribution in [0.25, 0.3) is 0 Å². The SMILES string of the molecule is O=C(O)CC[C@@H]1N=C(c2ccccc2F)c2cc(Cl)ccc2N2C1=NN[C@H]2S. The van der Waals surface area contributed by atoms with Gasteiger partial charge < -0.3 is 5.11 Å². The molecule has 0 aromatic heterocycles. The number of rotatable bonds is 4. The number of hydrazone groups is 1. The fourth-order valence-electron chi connectivity index (χ4n) is 3.36. The fraction of sp³-hybridized carbons (Fsp3) is 0.211. The molecule has 9 heteroatoms. The molecule has 2 atom stereocenters. The number of thiol groups is 1. The monoisotopic (exact) mass is 418 g/mol. The number of aliphatic carboxylic acids is 1. The summed E-state index contributed by atoms with van der Waals surface area (Å²) in [4.78, 5) is 17.7. The van der Waals surface area contributed by atoms with Crippen LogP contribution in [0.15, 0.2) is 52.6 Å². The van der Waals surface area contributed by atoms with Gasteiger partial charge in [0.2, 0.25) is 0 Å². The van der Waals surface area contributed by atoms with E-state index in [1.54, 1.807) is 36.4 Å². The summed E-state index contributed by atoms with van der Waals surface area (Å²) >= 11 is 10.8. The van der Waals surface area contributed by atoms with E-state index in [0.717, 1.165) is 0 Å². The molecule has 0 amide bonds. The number of carboxylic acids is 1. The Morgan fingerprint density at radius 3 is 2.82 bits per heavy atom. The lowest BCUT2D eigenvalue weighted by Gasteiger charge is -2.26. The number of carbonyl (C=O) groups is 1. The van der Waals surface area contributed by atoms with Crippen molar-refractivity contribution in [3.05, 3.63) is 64.4 Å². The van der Waals surface area contributed by atoms with Crippen LogP contribution in [0.4, 0.5) is 10.1 Å². The second-order valence-corrected chi connectivity index (χ2v) is 7.34. The number of carboxylic acid groups (broad SMARTS) is 1. The minimum atomic E-state index is -0.937. The highest BCUT2D eigenvalue weighted by Crippen LogP contribution is 2.35. The molecule has 2 N–H and O–H groups in total. The molecule has 0 spiro atoms. The summed E-state index contributed by atoms with van der Waals surface area (Å²) < 4.78 is 14.6. The molecule has 0 bridgehead atoms. The van der Waals surface area contributed by atoms with E-state index in [1.807, 2.05) is 4.90 Å². The highest BCUT2D eigenvalue weighted by molar-refractivity contribution is 7.81. The number of aliphatic imine (C=N–C) groups is 1. The first-order valence-corrected chi connectivity index (χ1v) is 9.50. The maximum atomic E-state index is 14.6. The lowest BCUT2D eigenvalue weighted by Crippen LogP contribution is -2.40. The molecule has 28 heavy (non-hydrogen) atoms. The first-order valence-electron chi connectivity index (χ1n) is 8.60. The lowest BCUT2D eigenvalue weighted by atomic mass is 9.99. The molecule has 6 nitrogen and oxygen atoms in total. The Hall–Kier alpha value is -2.58. The average Bonchev–Trinajstić information content (AvgIpc) is 2.97. The Bertz CT molecular complexity index is 1010. The third-order valence-electron chi connectivity index (χ3n) is 4.60. The molecule has 2 heterocycles. The van der Waals surface area contributed by atoms with E-state index in [2.05, 4.69) is 23.2 Å². The third kappa shape index (κ3) is 3.33. The van der Waals surface area contributed by atoms with E-state index in [-0.39, 0.29) is 12.8 Å². The first-order chi connectivity index (χ1) is 13.5. The van der Waals surface area contributed by atoms with Gasteiger partial charge in [-0.2, -0.15) is 5.10 Å². The molecule has 2 aromatic carbocycles. The summed E-state index contributed by atoms with van der Waals surface area (Å²) in [6, 6.07) is 11.0. The van der Waals surface area contributed by atoms with Gasteiger partial charge in [0, 0.05) is 22.6 Å². The predicted octanol–water partition coefficient (Wildman–Crippen LogP) is 3.50. The minimum absolute atomic E-state index is 0.0973. The molecule has 0 radical (unpaired) electrons. The van der Waals surface area contributed by atoms with Crippen molar-refractivity contribution in [3.8, 4) is 0 Å². The smallest absolute Gasteiger partial charge is 0.303 e. The molecular formula is C19H16ClFN4O2S. The molecule has 144 valence electrons. The molecule has 2 aliphatic rings. The van der Waals surface area contributed by atoms with E-state index in [1.165, 1.54) is 6.07 Å². The number of amidine groups is 1. The Balaban J connectivity index is 1.94. The first kappa shape index (κ1) is 18.8. The number of nitrogens with one attached hydrogen (secondary N) is 1. The Morgan fingerprint density at radius 1 is 1.29 bits per heavy atom. The van der Waals surface area contributed by atoms with Crippen molar-refractivity contribution in [3.63, 3.8) is 0 Å². The van der Waals surface area contributed by atoms with Gasteiger partial charge in [0.15, 0.2) is 11.3 Å². The number of hydrogen-bond acceptors (Lipinski definition) is 6. The fourth-order valence-corrected chi connectivity index (χ4v) is 3.84. The van der Waals surface area contributed by atoms with Crippen LogP contribution >= 0.6 is 24.2 Å². The predicted molar refractivity (Wildman–Crippen MR) is 110 cm³/mol. The molecule has 0 aliphatic carbocycles. The van der Waals surface area contributed by atoms with Gasteiger partial charge in [0.05, 0.1) is 11.4 Å². The Kier molecular flexibility index (Phi) is 4.99. The highest BCUT2D eigenvalue weighted by Gasteiger charge is 2.37. The van der Waals surface area contributed by atoms with Gasteiger partial charge in [-0.15, -0.1) is 12.6 Å². The van der Waals surface area contributed by atoms with Crippen LogP contribution in [-0.4, -0.2) is 34.2 Å². The maximum Gasteiger partial charge on any atom is 0.303 e. The molecular weight excluding hydrogens is 403 g/mol. The molecule has 0 fully saturated rings. The molecule has 0 unspecified atom stereocenters. The van der Waals surface area contributed by atoms with Crippen LogP contribution in [0.3, 0.4) is 0 Å². The summed E-state index contributed by atoms with van der Waals surface area (Å²) in [7, 11) is 0. The number of halogens is 2. The second-order valence-electron chi connectivity index (χ2n) is 6.41. The molecule has 2 aromatic rings. The Labute approximate surface area is 171 Å². The van der Waals surface area contributed by atoms with Crippen molar-refractivity contribution in [1.82, 2.24) is 5.43 Å². The van der Waals surface area contributed by atoms with Crippen LogP contribution in [0.1, 0.15) is 24.0 Å². The van der Waals surface area contributed by atoms with Crippen molar-refractivity contribution in [2.24, 2.45) is 10.1 Å². The van der Waals surface area contributed by atoms with Crippen molar-refractivity contribution < 1.29 is 14.3 Å². The van der Waals surface area contributed by atoms with Crippen molar-refractivity contribution >= 4 is 47.4 Å². The van der Waals surface area contributed by atoms with E-state index >= 15 is 0 Å². The van der Waals surface area contributed by atoms with Gasteiger partial charge in [-0.3, -0.25) is 20.1 Å². The van der Waals surface area contributed by atoms with Crippen LogP contribution in [0.2, 0.25) is 5.02 Å². The van der Waals surface area contributed by atoms with Gasteiger partial charge in [-0.25, -0.2) is 4.39 Å². The van der Waals surface area contributed by atoms with Crippen LogP contribution < -0.4 is 10.3 Å². The number of anilines is 1. The summed E-state index contributed by atoms with van der Waals surface area (Å²) in [5.41, 5.74) is 4.49. The summed E-state index contributed by atoms with van der Waals surface area (Å²) in [6.07, 6.45) is 0.117. The largest absolute Gasteiger partial charge is 0.481 e. The third-order valence-corrected chi connectivity index (χ3v) is 5.18. The van der Waals surface area contributed by atoms with E-state index in [9.17, 15) is 9.18 Å². The molecule has 4 rings (SSSR count). The van der Waals surface area contributed by atoms with Crippen molar-refractivity contribution in [2.45, 2.75) is 24.4 Å². The normalized spacial score (nSPS) is 20.5. The van der Waals surface area contributed by atoms with Gasteiger partial charge in [0.1, 0.15) is 11.9 Å². The quantitative estimate of drug-likeness (QED) is 0.664. The number of hydrogen-bond donors (Lipinski definition) is 3. The van der Waals surface area contributed by atoms with Crippen molar-refractivity contribution in [1.29, 1.82) is 0 Å². The maximum absolute atomic E-state index is 14.6. The standard InChI is InChI=1S/C19H16ClFN4O2S/c20-10-5-7-15-12(9-10)17(11-3-1-2-4-13(11)21)22-14(6-8-16(26)27)18-23-24-19(28)25(15)18/h1-5,7,9,14,19,24,28H,6,8H2,(H,26,27)/t14-,19+/m0/s1. The number of benzene rings is 2. The van der Waals surface area contributed by atoms with Gasteiger partial charge in [-0.1, -0.05) is 23.7 Å². The van der Waals surface area contributed by atoms with Gasteiger partial charge in [0.25, 0.3) is 0 Å². The topological polar surface area (TPSA) is 77.3 Å². The van der Waals surface area contributed by atoms with E-state index in [4.69, 9.17) is 21.7 Å². The van der Waals surface area contributed by atoms with Crippen LogP contribution in [0, 0.1) is 5.82 Å². The zero-order valence-corrected chi connectivity index (χ0v) is 16.2. The minimum Gasteiger partial charge on any atom is -0.481 e. The molecule has 0 saturated heterocycles. The van der Waals surface area contributed by atoms with E-state index < -0.39 is 23.3 Å². The molecule has 0 saturated carbocycles. The van der Waals surface area contributed by atoms with Crippen molar-refractivity contribution in [2.75, 3.05) is 4.90 Å². The Morgan fingerprint density at radius 2 is 2.07 bits per heavy atom. The zero-order valence-electron chi connectivity index (χ0n) is 14.5. The summed E-state index contributed by atoms with van der Waals surface area (Å²) in [5, 5.41) is 13.9. The summed E-state index contributed by atoms with van der Waals surface area (Å²) in [5.74, 6) is -0.821. The van der Waals surface area contributed by atoms with E-state index in [0.29, 0.717) is 33.4 Å². The van der Waals surface area contributed by atoms with Crippen LogP contribution in [0.5, 0.6) is 0 Å². The highest BCUT2D eigenvalue weighted by atomic mass is 35.5. The number of fused-ring (bicyclic) bond motifs is 3. The second kappa shape index (κ2) is 7.44. The van der Waals surface area contributed by atoms with Gasteiger partial charge in [-0.05, 0) is 36.8 Å². The number of nitrogens with zero attached hydrogens (tertiary/aromatic N) is 3. The zero-order chi connectivity index (χ0) is 19.8. The molecule has 2 aliphatic heterocycles. The summed E-state index contributed by atoms with van der Waals surface area (Å²) in [6.45, 7) is 0. The van der Waals surface area contributed by atoms with Crippen LogP contribution in [-0.2, 0) is 4.79 Å². The lowest BCUT2D eigenvalue weighted by molar-refractivity contribution is -0.137. The average molecular weight is 419 g/mol.